The number of ether oxygens (including phenoxy) is 1. The van der Waals surface area contributed by atoms with Crippen LogP contribution in [0, 0.1) is 5.92 Å². The number of hydrogen-bond donors (Lipinski definition) is 0. The van der Waals surface area contributed by atoms with Crippen molar-refractivity contribution in [1.29, 1.82) is 0 Å². The molecule has 0 spiro atoms. The molecule has 0 unspecified atom stereocenters. The van der Waals surface area contributed by atoms with Crippen LogP contribution in [0.3, 0.4) is 0 Å². The van der Waals surface area contributed by atoms with E-state index in [4.69, 9.17) is 9.16 Å². The molecule has 0 aromatic heterocycles. The van der Waals surface area contributed by atoms with E-state index >= 15 is 0 Å². The van der Waals surface area contributed by atoms with Crippen molar-refractivity contribution in [2.45, 2.75) is 31.7 Å². The van der Waals surface area contributed by atoms with Gasteiger partial charge >= 0.3 is 5.97 Å². The molecule has 0 bridgehead atoms. The summed E-state index contributed by atoms with van der Waals surface area (Å²) in [4.78, 5) is 11.8. The van der Waals surface area contributed by atoms with E-state index in [1.54, 1.807) is 0 Å². The van der Waals surface area contributed by atoms with Crippen LogP contribution in [0.4, 0.5) is 0 Å². The number of methoxy groups -OCH3 is 1. The van der Waals surface area contributed by atoms with Crippen molar-refractivity contribution in [3.63, 3.8) is 0 Å². The molecule has 20 heavy (non-hydrogen) atoms. The second-order valence-corrected chi connectivity index (χ2v) is 10.6. The molecule has 1 fully saturated rings. The molecule has 4 heteroatoms. The quantitative estimate of drug-likeness (QED) is 0.615. The predicted molar refractivity (Wildman–Crippen MR) is 82.8 cm³/mol. The topological polar surface area (TPSA) is 35.5 Å². The van der Waals surface area contributed by atoms with Gasteiger partial charge < -0.3 is 9.16 Å². The average molecular weight is 290 g/mol. The SMILES string of the molecule is COC(=O)[C@H]1C[C@@]1(/C=C/c1ccccc1)O[Si](C)(C)C. The standard InChI is InChI=1S/C16H22O3Si/c1-18-15(17)14-12-16(14,19-20(2,3)4)11-10-13-8-6-5-7-9-13/h5-11,14H,12H2,1-4H3/b11-10+/t14-,16-/m1/s1. The van der Waals surface area contributed by atoms with Crippen LogP contribution < -0.4 is 0 Å². The van der Waals surface area contributed by atoms with Gasteiger partial charge in [0.25, 0.3) is 0 Å². The van der Waals surface area contributed by atoms with Gasteiger partial charge in [-0.25, -0.2) is 0 Å². The van der Waals surface area contributed by atoms with Gasteiger partial charge in [0.05, 0.1) is 18.6 Å². The van der Waals surface area contributed by atoms with Gasteiger partial charge in [-0.3, -0.25) is 4.79 Å². The van der Waals surface area contributed by atoms with Crippen LogP contribution in [-0.2, 0) is 14.0 Å². The third-order valence-electron chi connectivity index (χ3n) is 3.29. The van der Waals surface area contributed by atoms with Gasteiger partial charge in [0.1, 0.15) is 0 Å². The smallest absolute Gasteiger partial charge is 0.312 e. The Morgan fingerprint density at radius 1 is 1.30 bits per heavy atom. The van der Waals surface area contributed by atoms with E-state index in [9.17, 15) is 4.79 Å². The van der Waals surface area contributed by atoms with Crippen LogP contribution in [-0.4, -0.2) is 27.0 Å². The molecule has 1 aromatic rings. The molecule has 1 aliphatic rings. The maximum atomic E-state index is 11.8. The van der Waals surface area contributed by atoms with E-state index in [2.05, 4.69) is 19.6 Å². The third-order valence-corrected chi connectivity index (χ3v) is 4.28. The van der Waals surface area contributed by atoms with E-state index in [0.29, 0.717) is 6.42 Å². The van der Waals surface area contributed by atoms with E-state index in [1.165, 1.54) is 7.11 Å². The van der Waals surface area contributed by atoms with E-state index in [0.717, 1.165) is 5.56 Å². The van der Waals surface area contributed by atoms with Gasteiger partial charge in [0.15, 0.2) is 8.32 Å². The minimum atomic E-state index is -1.73. The Balaban J connectivity index is 2.17. The van der Waals surface area contributed by atoms with Crippen LogP contribution in [0.5, 0.6) is 0 Å². The minimum absolute atomic E-state index is 0.167. The normalized spacial score (nSPS) is 25.7. The lowest BCUT2D eigenvalue weighted by molar-refractivity contribution is -0.143. The molecule has 0 heterocycles. The molecule has 2 rings (SSSR count). The highest BCUT2D eigenvalue weighted by atomic mass is 28.4. The van der Waals surface area contributed by atoms with E-state index in [1.807, 2.05) is 42.5 Å². The first kappa shape index (κ1) is 15.0. The zero-order valence-corrected chi connectivity index (χ0v) is 13.6. The lowest BCUT2D eigenvalue weighted by Gasteiger charge is -2.24. The fourth-order valence-corrected chi connectivity index (χ4v) is 3.82. The van der Waals surface area contributed by atoms with Crippen molar-refractivity contribution in [2.24, 2.45) is 5.92 Å². The summed E-state index contributed by atoms with van der Waals surface area (Å²) in [5, 5.41) is 0. The van der Waals surface area contributed by atoms with Gasteiger partial charge in [-0.1, -0.05) is 42.5 Å². The summed E-state index contributed by atoms with van der Waals surface area (Å²) in [5.74, 6) is -0.347. The number of hydrogen-bond acceptors (Lipinski definition) is 3. The molecule has 0 saturated heterocycles. The second-order valence-electron chi connectivity index (χ2n) is 6.19. The minimum Gasteiger partial charge on any atom is -0.469 e. The monoisotopic (exact) mass is 290 g/mol. The molecule has 0 radical (unpaired) electrons. The summed E-state index contributed by atoms with van der Waals surface area (Å²) < 4.78 is 11.1. The van der Waals surface area contributed by atoms with Crippen molar-refractivity contribution >= 4 is 20.4 Å². The largest absolute Gasteiger partial charge is 0.469 e. The Labute approximate surface area is 121 Å². The van der Waals surface area contributed by atoms with Crippen molar-refractivity contribution in [3.05, 3.63) is 42.0 Å². The summed E-state index contributed by atoms with van der Waals surface area (Å²) in [6.45, 7) is 6.41. The van der Waals surface area contributed by atoms with Crippen LogP contribution >= 0.6 is 0 Å². The number of rotatable bonds is 5. The first-order valence-electron chi connectivity index (χ1n) is 6.89. The number of esters is 1. The van der Waals surface area contributed by atoms with Crippen molar-refractivity contribution in [1.82, 2.24) is 0 Å². The van der Waals surface area contributed by atoms with Gasteiger partial charge in [0.2, 0.25) is 0 Å². The first-order chi connectivity index (χ1) is 9.36. The molecule has 3 nitrogen and oxygen atoms in total. The molecule has 108 valence electrons. The summed E-state index contributed by atoms with van der Waals surface area (Å²) in [6, 6.07) is 10.1. The van der Waals surface area contributed by atoms with Gasteiger partial charge in [0, 0.05) is 0 Å². The highest BCUT2D eigenvalue weighted by Gasteiger charge is 2.60. The highest BCUT2D eigenvalue weighted by molar-refractivity contribution is 6.69. The molecular formula is C16H22O3Si. The Morgan fingerprint density at radius 3 is 2.50 bits per heavy atom. The fourth-order valence-electron chi connectivity index (χ4n) is 2.39. The number of carbonyl (C=O) groups excluding carboxylic acids is 1. The zero-order chi connectivity index (χ0) is 14.8. The zero-order valence-electron chi connectivity index (χ0n) is 12.6. The van der Waals surface area contributed by atoms with Gasteiger partial charge in [-0.15, -0.1) is 0 Å². The Morgan fingerprint density at radius 2 is 1.95 bits per heavy atom. The van der Waals surface area contributed by atoms with Crippen molar-refractivity contribution in [3.8, 4) is 0 Å². The lowest BCUT2D eigenvalue weighted by Crippen LogP contribution is -2.34. The summed E-state index contributed by atoms with van der Waals surface area (Å²) >= 11 is 0. The summed E-state index contributed by atoms with van der Waals surface area (Å²) in [5.41, 5.74) is 0.648. The molecule has 1 aromatic carbocycles. The van der Waals surface area contributed by atoms with Crippen LogP contribution in [0.25, 0.3) is 6.08 Å². The van der Waals surface area contributed by atoms with E-state index < -0.39 is 13.9 Å². The molecule has 0 aliphatic heterocycles. The maximum absolute atomic E-state index is 11.8. The van der Waals surface area contributed by atoms with Gasteiger partial charge in [-0.05, 0) is 31.6 Å². The molecular weight excluding hydrogens is 268 g/mol. The summed E-state index contributed by atoms with van der Waals surface area (Å²) in [6.07, 6.45) is 4.78. The van der Waals surface area contributed by atoms with Crippen LogP contribution in [0.1, 0.15) is 12.0 Å². The summed E-state index contributed by atoms with van der Waals surface area (Å²) in [7, 11) is -0.296. The average Bonchev–Trinajstić information content (AvgIpc) is 3.09. The molecule has 1 aliphatic carbocycles. The number of carbonyl (C=O) groups is 1. The first-order valence-corrected chi connectivity index (χ1v) is 10.3. The Bertz CT molecular complexity index is 504. The predicted octanol–water partition coefficient (Wildman–Crippen LogP) is 3.48. The number of benzene rings is 1. The van der Waals surface area contributed by atoms with Gasteiger partial charge in [-0.2, -0.15) is 0 Å². The molecule has 1 saturated carbocycles. The second kappa shape index (κ2) is 5.54. The highest BCUT2D eigenvalue weighted by Crippen LogP contribution is 2.50. The third kappa shape index (κ3) is 3.58. The fraction of sp³-hybridized carbons (Fsp3) is 0.438. The van der Waals surface area contributed by atoms with Crippen LogP contribution in [0.15, 0.2) is 36.4 Å². The molecule has 0 amide bonds. The van der Waals surface area contributed by atoms with Crippen molar-refractivity contribution < 1.29 is 14.0 Å². The maximum Gasteiger partial charge on any atom is 0.312 e. The Kier molecular flexibility index (Phi) is 4.16. The molecule has 0 N–H and O–H groups in total. The molecule has 2 atom stereocenters. The van der Waals surface area contributed by atoms with Crippen molar-refractivity contribution in [2.75, 3.05) is 7.11 Å². The van der Waals surface area contributed by atoms with Crippen LogP contribution in [0.2, 0.25) is 19.6 Å². The lowest BCUT2D eigenvalue weighted by atomic mass is 10.1. The van der Waals surface area contributed by atoms with E-state index in [-0.39, 0.29) is 11.9 Å². The Hall–Kier alpha value is -1.39.